The van der Waals surface area contributed by atoms with E-state index in [4.69, 9.17) is 4.74 Å². The zero-order valence-corrected chi connectivity index (χ0v) is 16.5. The van der Waals surface area contributed by atoms with Crippen LogP contribution in [-0.2, 0) is 0 Å². The quantitative estimate of drug-likeness (QED) is 0.300. The van der Waals surface area contributed by atoms with Crippen LogP contribution in [0, 0.1) is 0 Å². The molecule has 1 aromatic heterocycles. The summed E-state index contributed by atoms with van der Waals surface area (Å²) in [7, 11) is -1.51. The average Bonchev–Trinajstić information content (AvgIpc) is 3.01. The van der Waals surface area contributed by atoms with Crippen LogP contribution >= 0.6 is 10.8 Å². The van der Waals surface area contributed by atoms with Crippen molar-refractivity contribution in [2.75, 3.05) is 0 Å². The molecule has 0 aliphatic heterocycles. The summed E-state index contributed by atoms with van der Waals surface area (Å²) in [6, 6.07) is 24.2. The molecule has 28 heavy (non-hydrogen) atoms. The Balaban J connectivity index is 1.86. The summed E-state index contributed by atoms with van der Waals surface area (Å²) >= 11 is 0. The molecule has 0 aliphatic rings. The molecule has 4 rings (SSSR count). The van der Waals surface area contributed by atoms with Gasteiger partial charge in [0.05, 0.1) is 11.7 Å². The molecule has 0 spiro atoms. The lowest BCUT2D eigenvalue weighted by atomic mass is 9.98. The molecule has 0 bridgehead atoms. The zero-order chi connectivity index (χ0) is 19.7. The van der Waals surface area contributed by atoms with Gasteiger partial charge in [0, 0.05) is 10.9 Å². The molecule has 0 fully saturated rings. The van der Waals surface area contributed by atoms with Crippen molar-refractivity contribution < 1.29 is 14.1 Å². The molecule has 4 aromatic rings. The van der Waals surface area contributed by atoms with E-state index in [9.17, 15) is 9.35 Å². The van der Waals surface area contributed by atoms with Crippen molar-refractivity contribution in [3.8, 4) is 16.9 Å². The van der Waals surface area contributed by atoms with E-state index in [2.05, 4.69) is 0 Å². The maximum absolute atomic E-state index is 13.4. The predicted octanol–water partition coefficient (Wildman–Crippen LogP) is 6.25. The van der Waals surface area contributed by atoms with Gasteiger partial charge in [-0.1, -0.05) is 42.5 Å². The number of carbonyl (C=O) groups is 1. The van der Waals surface area contributed by atoms with Gasteiger partial charge in [0.15, 0.2) is 4.70 Å². The summed E-state index contributed by atoms with van der Waals surface area (Å²) in [6.45, 7) is 3.91. The fraction of sp³-hybridized carbons (Fsp3) is 0.125. The summed E-state index contributed by atoms with van der Waals surface area (Å²) in [5.41, 5.74) is 2.15. The molecule has 3 aromatic carbocycles. The maximum Gasteiger partial charge on any atom is 0.245 e. The Kier molecular flexibility index (Phi) is 4.99. The highest BCUT2D eigenvalue weighted by Crippen LogP contribution is 2.44. The Morgan fingerprint density at radius 1 is 0.893 bits per heavy atom. The van der Waals surface area contributed by atoms with Gasteiger partial charge in [-0.15, -0.1) is 0 Å². The second-order valence-electron chi connectivity index (χ2n) is 6.86. The number of ketones is 1. The second-order valence-corrected chi connectivity index (χ2v) is 8.24. The van der Waals surface area contributed by atoms with Crippen LogP contribution in [0.15, 0.2) is 78.9 Å². The number of hydrogen-bond acceptors (Lipinski definition) is 3. The zero-order valence-electron chi connectivity index (χ0n) is 15.7. The fourth-order valence-corrected chi connectivity index (χ4v) is 4.83. The number of benzene rings is 3. The minimum atomic E-state index is -1.51. The summed E-state index contributed by atoms with van der Waals surface area (Å²) in [4.78, 5) is 13.7. The molecule has 1 heterocycles. The van der Waals surface area contributed by atoms with Crippen molar-refractivity contribution in [1.82, 2.24) is 0 Å². The highest BCUT2D eigenvalue weighted by molar-refractivity contribution is 7.33. The van der Waals surface area contributed by atoms with Crippen molar-refractivity contribution in [1.29, 1.82) is 0 Å². The van der Waals surface area contributed by atoms with Gasteiger partial charge in [-0.3, -0.25) is 4.79 Å². The van der Waals surface area contributed by atoms with Gasteiger partial charge in [-0.2, -0.15) is 0 Å². The number of rotatable bonds is 5. The summed E-state index contributed by atoms with van der Waals surface area (Å²) in [6.07, 6.45) is 0.0609. The van der Waals surface area contributed by atoms with Crippen LogP contribution in [0.1, 0.15) is 29.1 Å². The van der Waals surface area contributed by atoms with E-state index in [1.54, 1.807) is 24.3 Å². The van der Waals surface area contributed by atoms with Crippen LogP contribution < -0.4 is 4.74 Å². The first kappa shape index (κ1) is 18.4. The minimum absolute atomic E-state index is 0.0609. The topological polar surface area (TPSA) is 49.4 Å². The smallest absolute Gasteiger partial charge is 0.245 e. The van der Waals surface area contributed by atoms with E-state index in [0.29, 0.717) is 20.9 Å². The molecule has 140 valence electrons. The van der Waals surface area contributed by atoms with Crippen molar-refractivity contribution in [2.45, 2.75) is 20.0 Å². The second kappa shape index (κ2) is 7.58. The number of thiophene rings is 1. The Morgan fingerprint density at radius 2 is 1.54 bits per heavy atom. The van der Waals surface area contributed by atoms with Crippen LogP contribution in [0.3, 0.4) is 0 Å². The van der Waals surface area contributed by atoms with E-state index >= 15 is 0 Å². The Labute approximate surface area is 167 Å². The van der Waals surface area contributed by atoms with Gasteiger partial charge in [0.25, 0.3) is 0 Å². The third kappa shape index (κ3) is 3.33. The summed E-state index contributed by atoms with van der Waals surface area (Å²) in [5, 5.41) is 0.857. The van der Waals surface area contributed by atoms with Crippen molar-refractivity contribution >= 4 is 26.6 Å². The first-order chi connectivity index (χ1) is 13.6. The number of carbonyl (C=O) groups excluding carboxylic acids is 1. The first-order valence-corrected chi connectivity index (χ1v) is 10.3. The van der Waals surface area contributed by atoms with Crippen molar-refractivity contribution in [3.63, 3.8) is 0 Å². The Bertz CT molecular complexity index is 1130. The third-order valence-electron chi connectivity index (χ3n) is 4.53. The lowest BCUT2D eigenvalue weighted by molar-refractivity contribution is 0.104. The van der Waals surface area contributed by atoms with Gasteiger partial charge in [0.1, 0.15) is 5.75 Å². The van der Waals surface area contributed by atoms with Crippen LogP contribution in [0.4, 0.5) is 0 Å². The van der Waals surface area contributed by atoms with Gasteiger partial charge < -0.3 is 9.29 Å². The SMILES string of the molecule is CC(C)Oc1ccc(C(=O)c2c(-c3ccccc3)c3ccccc3[s+]2[O-])cc1. The number of fused-ring (bicyclic) bond motifs is 1. The minimum Gasteiger partial charge on any atom is -0.590 e. The van der Waals surface area contributed by atoms with Gasteiger partial charge in [0.2, 0.25) is 10.7 Å². The standard InChI is InChI=1S/C24H20O3S/c1-16(2)27-19-14-12-18(13-15-19)23(25)24-22(17-8-4-3-5-9-17)20-10-6-7-11-21(20)28(24)26/h3-16H,1-2H3. The molecule has 0 radical (unpaired) electrons. The van der Waals surface area contributed by atoms with E-state index < -0.39 is 10.8 Å². The Hall–Kier alpha value is -2.95. The molecular weight excluding hydrogens is 368 g/mol. The van der Waals surface area contributed by atoms with Crippen LogP contribution in [-0.4, -0.2) is 16.4 Å². The van der Waals surface area contributed by atoms with E-state index in [0.717, 1.165) is 16.5 Å². The van der Waals surface area contributed by atoms with Crippen LogP contribution in [0.2, 0.25) is 0 Å². The molecule has 0 saturated carbocycles. The number of ether oxygens (including phenoxy) is 1. The largest absolute Gasteiger partial charge is 0.590 e. The molecule has 4 heteroatoms. The molecular formula is C24H20O3S. The fourth-order valence-electron chi connectivity index (χ4n) is 3.34. The van der Waals surface area contributed by atoms with E-state index in [1.165, 1.54) is 0 Å². The van der Waals surface area contributed by atoms with Crippen molar-refractivity contribution in [2.24, 2.45) is 0 Å². The highest BCUT2D eigenvalue weighted by atomic mass is 32.2. The Morgan fingerprint density at radius 3 is 2.21 bits per heavy atom. The molecule has 0 N–H and O–H groups in total. The van der Waals surface area contributed by atoms with Crippen molar-refractivity contribution in [3.05, 3.63) is 89.3 Å². The molecule has 0 aliphatic carbocycles. The maximum atomic E-state index is 13.4. The first-order valence-electron chi connectivity index (χ1n) is 9.18. The lowest BCUT2D eigenvalue weighted by Gasteiger charge is -2.09. The third-order valence-corrected chi connectivity index (χ3v) is 6.04. The van der Waals surface area contributed by atoms with Crippen LogP contribution in [0.5, 0.6) is 5.75 Å². The molecule has 0 amide bonds. The summed E-state index contributed by atoms with van der Waals surface area (Å²) < 4.78 is 19.6. The van der Waals surface area contributed by atoms with E-state index in [-0.39, 0.29) is 11.9 Å². The predicted molar refractivity (Wildman–Crippen MR) is 114 cm³/mol. The van der Waals surface area contributed by atoms with Gasteiger partial charge in [-0.05, 0) is 66.6 Å². The van der Waals surface area contributed by atoms with Crippen LogP contribution in [0.25, 0.3) is 21.2 Å². The van der Waals surface area contributed by atoms with E-state index in [1.807, 2.05) is 68.4 Å². The normalized spacial score (nSPS) is 11.8. The van der Waals surface area contributed by atoms with Gasteiger partial charge >= 0.3 is 0 Å². The molecule has 3 nitrogen and oxygen atoms in total. The molecule has 1 unspecified atom stereocenters. The highest BCUT2D eigenvalue weighted by Gasteiger charge is 2.29. The summed E-state index contributed by atoms with van der Waals surface area (Å²) in [5.74, 6) is 0.490. The molecule has 0 saturated heterocycles. The van der Waals surface area contributed by atoms with Gasteiger partial charge in [-0.25, -0.2) is 0 Å². The molecule has 1 atom stereocenters. The lowest BCUT2D eigenvalue weighted by Crippen LogP contribution is -2.06. The average molecular weight is 388 g/mol. The number of hydrogen-bond donors (Lipinski definition) is 0. The monoisotopic (exact) mass is 388 g/mol.